The molecule has 3 aliphatic rings. The highest BCUT2D eigenvalue weighted by molar-refractivity contribution is 5.89. The van der Waals surface area contributed by atoms with Crippen LogP contribution in [-0.4, -0.2) is 48.9 Å². The molecule has 1 aromatic carbocycles. The SMILES string of the molecule is Cn1cc([C@@H]2C[C@H]2c2c(C(=O)O)cnn2-c2cccc(N3CCC[C@H](CCC4CCCCC4)C3)c2)nn1. The zero-order valence-corrected chi connectivity index (χ0v) is 21.8. The number of anilines is 1. The Labute approximate surface area is 218 Å². The zero-order valence-electron chi connectivity index (χ0n) is 21.8. The summed E-state index contributed by atoms with van der Waals surface area (Å²) >= 11 is 0. The molecule has 1 N–H and O–H groups in total. The van der Waals surface area contributed by atoms with Crippen LogP contribution in [0.1, 0.15) is 97.8 Å². The van der Waals surface area contributed by atoms with Crippen molar-refractivity contribution in [1.29, 1.82) is 0 Å². The first-order valence-corrected chi connectivity index (χ1v) is 14.1. The molecule has 1 aliphatic heterocycles. The van der Waals surface area contributed by atoms with Crippen LogP contribution >= 0.6 is 0 Å². The van der Waals surface area contributed by atoms with Gasteiger partial charge in [0.15, 0.2) is 0 Å². The Kier molecular flexibility index (Phi) is 6.74. The Morgan fingerprint density at radius 1 is 1.03 bits per heavy atom. The van der Waals surface area contributed by atoms with Gasteiger partial charge in [0.05, 0.1) is 23.3 Å². The number of carbonyl (C=O) groups is 1. The normalized spacial score (nSPS) is 24.4. The third kappa shape index (κ3) is 5.15. The summed E-state index contributed by atoms with van der Waals surface area (Å²) in [5.74, 6) is 1.03. The Hall–Kier alpha value is -3.16. The maximum absolute atomic E-state index is 12.1. The number of benzene rings is 1. The second kappa shape index (κ2) is 10.3. The third-order valence-electron chi connectivity index (χ3n) is 8.85. The predicted octanol–water partition coefficient (Wildman–Crippen LogP) is 5.55. The lowest BCUT2D eigenvalue weighted by Crippen LogP contribution is -2.35. The molecule has 3 aromatic rings. The minimum absolute atomic E-state index is 0.0770. The van der Waals surface area contributed by atoms with Crippen molar-refractivity contribution in [3.63, 3.8) is 0 Å². The number of hydrogen-bond donors (Lipinski definition) is 1. The van der Waals surface area contributed by atoms with Crippen molar-refractivity contribution in [2.45, 2.75) is 76.0 Å². The third-order valence-corrected chi connectivity index (χ3v) is 8.85. The minimum atomic E-state index is -0.931. The summed E-state index contributed by atoms with van der Waals surface area (Å²) in [7, 11) is 1.85. The first-order chi connectivity index (χ1) is 18.1. The second-order valence-electron chi connectivity index (χ2n) is 11.5. The fraction of sp³-hybridized carbons (Fsp3) is 0.586. The second-order valence-corrected chi connectivity index (χ2v) is 11.5. The zero-order chi connectivity index (χ0) is 25.4. The van der Waals surface area contributed by atoms with E-state index in [1.807, 2.05) is 24.0 Å². The molecule has 2 saturated carbocycles. The van der Waals surface area contributed by atoms with E-state index in [4.69, 9.17) is 0 Å². The molecule has 0 bridgehead atoms. The largest absolute Gasteiger partial charge is 0.478 e. The number of nitrogens with zero attached hydrogens (tertiary/aromatic N) is 6. The molecule has 1 saturated heterocycles. The maximum atomic E-state index is 12.1. The summed E-state index contributed by atoms with van der Waals surface area (Å²) in [5.41, 5.74) is 4.10. The number of carboxylic acid groups (broad SMARTS) is 1. The summed E-state index contributed by atoms with van der Waals surface area (Å²) in [6.07, 6.45) is 16.7. The van der Waals surface area contributed by atoms with Gasteiger partial charge in [0.1, 0.15) is 5.56 Å². The monoisotopic (exact) mass is 502 g/mol. The van der Waals surface area contributed by atoms with Crippen molar-refractivity contribution >= 4 is 11.7 Å². The number of carboxylic acids is 1. The molecule has 3 heterocycles. The Balaban J connectivity index is 1.20. The van der Waals surface area contributed by atoms with Crippen molar-refractivity contribution in [3.05, 3.63) is 53.6 Å². The fourth-order valence-electron chi connectivity index (χ4n) is 6.75. The molecule has 196 valence electrons. The molecule has 6 rings (SSSR count). The van der Waals surface area contributed by atoms with Crippen LogP contribution < -0.4 is 4.90 Å². The number of hydrogen-bond acceptors (Lipinski definition) is 5. The van der Waals surface area contributed by atoms with Gasteiger partial charge in [-0.3, -0.25) is 4.68 Å². The molecule has 0 amide bonds. The summed E-state index contributed by atoms with van der Waals surface area (Å²) in [6, 6.07) is 8.49. The first-order valence-electron chi connectivity index (χ1n) is 14.1. The van der Waals surface area contributed by atoms with Crippen LogP contribution in [0.15, 0.2) is 36.7 Å². The molecular weight excluding hydrogens is 464 g/mol. The molecule has 0 unspecified atom stereocenters. The summed E-state index contributed by atoms with van der Waals surface area (Å²) < 4.78 is 3.54. The van der Waals surface area contributed by atoms with Crippen molar-refractivity contribution in [2.75, 3.05) is 18.0 Å². The van der Waals surface area contributed by atoms with Crippen LogP contribution in [-0.2, 0) is 7.05 Å². The van der Waals surface area contributed by atoms with Crippen molar-refractivity contribution in [3.8, 4) is 5.69 Å². The topological polar surface area (TPSA) is 89.1 Å². The van der Waals surface area contributed by atoms with Gasteiger partial charge in [-0.15, -0.1) is 5.10 Å². The number of aromatic nitrogens is 5. The fourth-order valence-corrected chi connectivity index (χ4v) is 6.75. The summed E-state index contributed by atoms with van der Waals surface area (Å²) in [5, 5.41) is 22.8. The lowest BCUT2D eigenvalue weighted by molar-refractivity contribution is 0.0695. The number of aromatic carboxylic acids is 1. The minimum Gasteiger partial charge on any atom is -0.478 e. The predicted molar refractivity (Wildman–Crippen MR) is 142 cm³/mol. The Morgan fingerprint density at radius 2 is 1.81 bits per heavy atom. The van der Waals surface area contributed by atoms with Gasteiger partial charge >= 0.3 is 5.97 Å². The molecule has 3 atom stereocenters. The quantitative estimate of drug-likeness (QED) is 0.435. The maximum Gasteiger partial charge on any atom is 0.339 e. The average Bonchev–Trinajstić information content (AvgIpc) is 3.37. The van der Waals surface area contributed by atoms with E-state index in [0.717, 1.165) is 48.4 Å². The molecule has 8 nitrogen and oxygen atoms in total. The number of aryl methyl sites for hydroxylation is 1. The Bertz CT molecular complexity index is 1240. The smallest absolute Gasteiger partial charge is 0.339 e. The summed E-state index contributed by atoms with van der Waals surface area (Å²) in [4.78, 5) is 14.6. The van der Waals surface area contributed by atoms with Crippen molar-refractivity contribution in [2.24, 2.45) is 18.9 Å². The molecular formula is C29H38N6O2. The lowest BCUT2D eigenvalue weighted by atomic mass is 9.82. The van der Waals surface area contributed by atoms with Gasteiger partial charge in [0.25, 0.3) is 0 Å². The van der Waals surface area contributed by atoms with E-state index in [1.165, 1.54) is 69.7 Å². The van der Waals surface area contributed by atoms with Gasteiger partial charge < -0.3 is 10.0 Å². The van der Waals surface area contributed by atoms with E-state index < -0.39 is 5.97 Å². The standard InChI is InChI=1S/C29H38N6O2/c1-33-19-27(31-32-33)24-16-25(24)28-26(29(36)37)17-30-35(28)23-11-5-10-22(15-23)34-14-6-9-21(18-34)13-12-20-7-3-2-4-8-20/h5,10-11,15,17,19-21,24-25H,2-4,6-9,12-14,16,18H2,1H3,(H,36,37)/t21-,24-,25-/m1/s1. The van der Waals surface area contributed by atoms with Gasteiger partial charge in [-0.1, -0.05) is 49.8 Å². The highest BCUT2D eigenvalue weighted by Gasteiger charge is 2.46. The van der Waals surface area contributed by atoms with Gasteiger partial charge in [0, 0.05) is 43.9 Å². The number of rotatable bonds is 8. The molecule has 2 aromatic heterocycles. The van der Waals surface area contributed by atoms with E-state index in [0.29, 0.717) is 0 Å². The molecule has 0 spiro atoms. The lowest BCUT2D eigenvalue weighted by Gasteiger charge is -2.35. The first kappa shape index (κ1) is 24.2. The van der Waals surface area contributed by atoms with Crippen molar-refractivity contribution < 1.29 is 9.90 Å². The van der Waals surface area contributed by atoms with E-state index in [9.17, 15) is 9.90 Å². The highest BCUT2D eigenvalue weighted by atomic mass is 16.4. The van der Waals surface area contributed by atoms with Crippen LogP contribution in [0.2, 0.25) is 0 Å². The Morgan fingerprint density at radius 3 is 2.59 bits per heavy atom. The highest BCUT2D eigenvalue weighted by Crippen LogP contribution is 2.55. The summed E-state index contributed by atoms with van der Waals surface area (Å²) in [6.45, 7) is 2.19. The molecule has 3 fully saturated rings. The van der Waals surface area contributed by atoms with Crippen molar-refractivity contribution in [1.82, 2.24) is 24.8 Å². The van der Waals surface area contributed by atoms with Crippen LogP contribution in [0.25, 0.3) is 5.69 Å². The van der Waals surface area contributed by atoms with E-state index in [-0.39, 0.29) is 17.4 Å². The van der Waals surface area contributed by atoms with Crippen LogP contribution in [0.3, 0.4) is 0 Å². The van der Waals surface area contributed by atoms with Crippen LogP contribution in [0.5, 0.6) is 0 Å². The van der Waals surface area contributed by atoms with Gasteiger partial charge in [-0.05, 0) is 55.7 Å². The van der Waals surface area contributed by atoms with E-state index in [2.05, 4.69) is 38.5 Å². The van der Waals surface area contributed by atoms with Crippen LogP contribution in [0, 0.1) is 11.8 Å². The van der Waals surface area contributed by atoms with Gasteiger partial charge in [0.2, 0.25) is 0 Å². The molecule has 37 heavy (non-hydrogen) atoms. The molecule has 0 radical (unpaired) electrons. The number of piperidine rings is 1. The van der Waals surface area contributed by atoms with Gasteiger partial charge in [-0.2, -0.15) is 5.10 Å². The van der Waals surface area contributed by atoms with Gasteiger partial charge in [-0.25, -0.2) is 9.48 Å². The average molecular weight is 503 g/mol. The van der Waals surface area contributed by atoms with E-state index in [1.54, 1.807) is 4.68 Å². The molecule has 2 aliphatic carbocycles. The molecule has 8 heteroatoms. The van der Waals surface area contributed by atoms with Crippen LogP contribution in [0.4, 0.5) is 5.69 Å². The van der Waals surface area contributed by atoms with E-state index >= 15 is 0 Å².